The molecule has 102 valence electrons. The first-order chi connectivity index (χ1) is 8.78. The SMILES string of the molecule is O=C(OC1CCOCC1)N1C2CC1CN(SS)C2. The minimum atomic E-state index is -0.132. The molecule has 5 nitrogen and oxygen atoms in total. The third-order valence-electron chi connectivity index (χ3n) is 3.92. The van der Waals surface area contributed by atoms with Gasteiger partial charge < -0.3 is 9.47 Å². The summed E-state index contributed by atoms with van der Waals surface area (Å²) in [6.07, 6.45) is 2.67. The number of rotatable bonds is 2. The second-order valence-electron chi connectivity index (χ2n) is 5.07. The van der Waals surface area contributed by atoms with Gasteiger partial charge in [0.2, 0.25) is 0 Å². The van der Waals surface area contributed by atoms with Gasteiger partial charge in [-0.05, 0) is 17.4 Å². The number of piperidine rings is 1. The Morgan fingerprint density at radius 1 is 1.28 bits per heavy atom. The van der Waals surface area contributed by atoms with Crippen molar-refractivity contribution in [1.82, 2.24) is 9.21 Å². The first kappa shape index (κ1) is 12.9. The summed E-state index contributed by atoms with van der Waals surface area (Å²) in [6.45, 7) is 3.20. The first-order valence-electron chi connectivity index (χ1n) is 6.41. The van der Waals surface area contributed by atoms with Crippen LogP contribution in [0.2, 0.25) is 0 Å². The lowest BCUT2D eigenvalue weighted by Crippen LogP contribution is -2.69. The molecule has 0 aromatic rings. The summed E-state index contributed by atoms with van der Waals surface area (Å²) in [6, 6.07) is 0.631. The molecule has 2 unspecified atom stereocenters. The van der Waals surface area contributed by atoms with Gasteiger partial charge in [-0.3, -0.25) is 4.90 Å². The number of hydrogen-bond donors (Lipinski definition) is 1. The monoisotopic (exact) mass is 290 g/mol. The van der Waals surface area contributed by atoms with E-state index in [1.54, 1.807) is 0 Å². The second kappa shape index (κ2) is 5.48. The molecule has 3 saturated heterocycles. The first-order valence-corrected chi connectivity index (χ1v) is 8.23. The van der Waals surface area contributed by atoms with Gasteiger partial charge in [-0.15, -0.1) is 0 Å². The Balaban J connectivity index is 1.51. The summed E-state index contributed by atoms with van der Waals surface area (Å²) in [5.41, 5.74) is 0. The Hall–Kier alpha value is -0.110. The molecule has 0 aromatic heterocycles. The van der Waals surface area contributed by atoms with Crippen LogP contribution in [-0.4, -0.2) is 59.8 Å². The number of piperazine rings is 1. The highest BCUT2D eigenvalue weighted by molar-refractivity contribution is 8.67. The fourth-order valence-electron chi connectivity index (χ4n) is 2.93. The number of nitrogens with zero attached hydrogens (tertiary/aromatic N) is 2. The maximum absolute atomic E-state index is 12.1. The average molecular weight is 290 g/mol. The molecule has 1 amide bonds. The van der Waals surface area contributed by atoms with E-state index in [2.05, 4.69) is 16.0 Å². The van der Waals surface area contributed by atoms with Crippen LogP contribution >= 0.6 is 22.6 Å². The lowest BCUT2D eigenvalue weighted by molar-refractivity contribution is -0.0618. The van der Waals surface area contributed by atoms with Gasteiger partial charge >= 0.3 is 6.09 Å². The lowest BCUT2D eigenvalue weighted by Gasteiger charge is -2.54. The molecule has 3 heterocycles. The zero-order valence-electron chi connectivity index (χ0n) is 10.2. The molecule has 3 aliphatic rings. The van der Waals surface area contributed by atoms with E-state index in [-0.39, 0.29) is 12.2 Å². The molecule has 3 aliphatic heterocycles. The molecule has 18 heavy (non-hydrogen) atoms. The van der Waals surface area contributed by atoms with E-state index in [9.17, 15) is 4.79 Å². The number of thiol groups is 1. The van der Waals surface area contributed by atoms with Crippen LogP contribution < -0.4 is 0 Å². The summed E-state index contributed by atoms with van der Waals surface area (Å²) >= 11 is 4.21. The molecule has 3 fully saturated rings. The Bertz CT molecular complexity index is 313. The van der Waals surface area contributed by atoms with Crippen LogP contribution in [0.3, 0.4) is 0 Å². The Morgan fingerprint density at radius 2 is 1.94 bits per heavy atom. The quantitative estimate of drug-likeness (QED) is 0.475. The smallest absolute Gasteiger partial charge is 0.410 e. The highest BCUT2D eigenvalue weighted by atomic mass is 33.1. The maximum atomic E-state index is 12.1. The number of likely N-dealkylation sites (tertiary alicyclic amines) is 1. The van der Waals surface area contributed by atoms with Gasteiger partial charge in [-0.2, -0.15) is 0 Å². The van der Waals surface area contributed by atoms with Crippen molar-refractivity contribution < 1.29 is 14.3 Å². The molecular formula is C11H18N2O3S2. The van der Waals surface area contributed by atoms with Crippen molar-refractivity contribution in [3.63, 3.8) is 0 Å². The minimum Gasteiger partial charge on any atom is -0.446 e. The highest BCUT2D eigenvalue weighted by Gasteiger charge is 2.48. The highest BCUT2D eigenvalue weighted by Crippen LogP contribution is 2.36. The molecular weight excluding hydrogens is 272 g/mol. The molecule has 0 aromatic carbocycles. The summed E-state index contributed by atoms with van der Waals surface area (Å²) in [5.74, 6) is 0. The normalized spacial score (nSPS) is 33.1. The van der Waals surface area contributed by atoms with Crippen LogP contribution in [0.4, 0.5) is 4.79 Å². The fourth-order valence-corrected chi connectivity index (χ4v) is 3.81. The van der Waals surface area contributed by atoms with E-state index in [4.69, 9.17) is 9.47 Å². The third kappa shape index (κ3) is 2.45. The third-order valence-corrected chi connectivity index (χ3v) is 5.14. The van der Waals surface area contributed by atoms with Gasteiger partial charge in [0.25, 0.3) is 0 Å². The molecule has 7 heteroatoms. The van der Waals surface area contributed by atoms with Crippen molar-refractivity contribution >= 4 is 28.7 Å². The summed E-state index contributed by atoms with van der Waals surface area (Å²) in [5, 5.41) is 0. The van der Waals surface area contributed by atoms with E-state index < -0.39 is 0 Å². The van der Waals surface area contributed by atoms with Crippen LogP contribution in [-0.2, 0) is 9.47 Å². The number of carbonyl (C=O) groups excluding carboxylic acids is 1. The van der Waals surface area contributed by atoms with Crippen molar-refractivity contribution in [1.29, 1.82) is 0 Å². The Morgan fingerprint density at radius 3 is 2.56 bits per heavy atom. The Labute approximate surface area is 116 Å². The van der Waals surface area contributed by atoms with Gasteiger partial charge in [0.15, 0.2) is 0 Å². The maximum Gasteiger partial charge on any atom is 0.410 e. The van der Waals surface area contributed by atoms with Gasteiger partial charge in [0.1, 0.15) is 6.10 Å². The predicted molar refractivity (Wildman–Crippen MR) is 72.5 cm³/mol. The van der Waals surface area contributed by atoms with E-state index >= 15 is 0 Å². The lowest BCUT2D eigenvalue weighted by atomic mass is 9.89. The Kier molecular flexibility index (Phi) is 3.93. The number of hydrogen-bond acceptors (Lipinski definition) is 6. The predicted octanol–water partition coefficient (Wildman–Crippen LogP) is 1.55. The van der Waals surface area contributed by atoms with Crippen LogP contribution in [0, 0.1) is 0 Å². The number of carbonyl (C=O) groups is 1. The average Bonchev–Trinajstić information content (AvgIpc) is 2.39. The molecule has 0 radical (unpaired) electrons. The number of ether oxygens (including phenoxy) is 2. The summed E-state index contributed by atoms with van der Waals surface area (Å²) in [7, 11) is 1.46. The van der Waals surface area contributed by atoms with Crippen LogP contribution in [0.25, 0.3) is 0 Å². The molecule has 0 N–H and O–H groups in total. The van der Waals surface area contributed by atoms with Gasteiger partial charge in [-0.1, -0.05) is 11.7 Å². The minimum absolute atomic E-state index is 0.0444. The largest absolute Gasteiger partial charge is 0.446 e. The zero-order valence-corrected chi connectivity index (χ0v) is 11.9. The second-order valence-corrected chi connectivity index (χ2v) is 6.24. The molecule has 2 atom stereocenters. The van der Waals surface area contributed by atoms with Crippen LogP contribution in [0.1, 0.15) is 19.3 Å². The van der Waals surface area contributed by atoms with Gasteiger partial charge in [-0.25, -0.2) is 9.10 Å². The van der Waals surface area contributed by atoms with Crippen molar-refractivity contribution in [2.45, 2.75) is 37.5 Å². The van der Waals surface area contributed by atoms with E-state index in [0.717, 1.165) is 32.4 Å². The molecule has 0 saturated carbocycles. The van der Waals surface area contributed by atoms with Crippen molar-refractivity contribution in [2.75, 3.05) is 26.3 Å². The van der Waals surface area contributed by atoms with Crippen molar-refractivity contribution in [3.05, 3.63) is 0 Å². The van der Waals surface area contributed by atoms with Crippen LogP contribution in [0.5, 0.6) is 0 Å². The van der Waals surface area contributed by atoms with E-state index in [1.165, 1.54) is 11.0 Å². The van der Waals surface area contributed by atoms with Gasteiger partial charge in [0.05, 0.1) is 25.3 Å². The standard InChI is InChI=1S/C11H18N2O3S2/c14-11(16-10-1-3-15-4-2-10)13-8-5-9(13)7-12(6-8)18-17/h8-10,17H,1-7H2. The van der Waals surface area contributed by atoms with Crippen LogP contribution in [0.15, 0.2) is 0 Å². The molecule has 0 aliphatic carbocycles. The number of fused-ring (bicyclic) bond motifs is 2. The van der Waals surface area contributed by atoms with E-state index in [1.807, 2.05) is 4.90 Å². The van der Waals surface area contributed by atoms with Crippen molar-refractivity contribution in [2.24, 2.45) is 0 Å². The van der Waals surface area contributed by atoms with Gasteiger partial charge in [0, 0.05) is 25.9 Å². The molecule has 0 spiro atoms. The van der Waals surface area contributed by atoms with Crippen molar-refractivity contribution in [3.8, 4) is 0 Å². The summed E-state index contributed by atoms with van der Waals surface area (Å²) in [4.78, 5) is 14.0. The zero-order chi connectivity index (χ0) is 12.5. The molecule has 2 bridgehead atoms. The van der Waals surface area contributed by atoms with E-state index in [0.29, 0.717) is 25.3 Å². The number of amides is 1. The fraction of sp³-hybridized carbons (Fsp3) is 0.909. The molecule has 3 rings (SSSR count). The summed E-state index contributed by atoms with van der Waals surface area (Å²) < 4.78 is 13.0. The topological polar surface area (TPSA) is 42.0 Å².